The van der Waals surface area contributed by atoms with Crippen molar-refractivity contribution in [2.24, 2.45) is 5.10 Å². The highest BCUT2D eigenvalue weighted by molar-refractivity contribution is 6.10. The number of fused-ring (bicyclic) bond motifs is 3. The molecule has 0 fully saturated rings. The number of carbonyl (C=O) groups is 2. The van der Waals surface area contributed by atoms with Crippen LogP contribution in [0, 0.1) is 0 Å². The monoisotopic (exact) mass is 416 g/mol. The minimum Gasteiger partial charge on any atom is -0.495 e. The van der Waals surface area contributed by atoms with Crippen LogP contribution in [0.15, 0.2) is 70.4 Å². The summed E-state index contributed by atoms with van der Waals surface area (Å²) in [7, 11) is 1.54. The molecule has 156 valence electrons. The number of nitrogens with one attached hydrogen (secondary N) is 2. The SMILES string of the molecule is COc1cc2c(cc1NC(=O)CC(C)=NNC(=O)c1ccncc1)oc1ccccc12. The molecule has 0 radical (unpaired) electrons. The van der Waals surface area contributed by atoms with Gasteiger partial charge in [-0.2, -0.15) is 5.10 Å². The van der Waals surface area contributed by atoms with E-state index >= 15 is 0 Å². The normalized spacial score (nSPS) is 11.5. The van der Waals surface area contributed by atoms with Crippen LogP contribution in [0.25, 0.3) is 21.9 Å². The summed E-state index contributed by atoms with van der Waals surface area (Å²) in [6.07, 6.45) is 3.04. The number of hydrogen-bond acceptors (Lipinski definition) is 6. The first-order valence-corrected chi connectivity index (χ1v) is 9.58. The molecule has 2 amide bonds. The lowest BCUT2D eigenvalue weighted by Crippen LogP contribution is -2.21. The lowest BCUT2D eigenvalue weighted by atomic mass is 10.1. The van der Waals surface area contributed by atoms with Gasteiger partial charge in [-0.1, -0.05) is 18.2 Å². The van der Waals surface area contributed by atoms with E-state index in [1.807, 2.05) is 30.3 Å². The first kappa shape index (κ1) is 20.1. The molecule has 2 N–H and O–H groups in total. The second-order valence-corrected chi connectivity index (χ2v) is 6.90. The molecule has 0 unspecified atom stereocenters. The summed E-state index contributed by atoms with van der Waals surface area (Å²) in [5.74, 6) is -0.152. The summed E-state index contributed by atoms with van der Waals surface area (Å²) in [5.41, 5.74) is 5.21. The largest absolute Gasteiger partial charge is 0.495 e. The molecule has 0 aliphatic heterocycles. The standard InChI is InChI=1S/C23H20N4O4/c1-14(26-27-23(29)15-7-9-24-10-8-15)11-22(28)25-18-13-20-17(12-21(18)30-2)16-5-3-4-6-19(16)31-20/h3-10,12-13H,11H2,1-2H3,(H,25,28)(H,27,29). The third-order valence-electron chi connectivity index (χ3n) is 4.68. The Kier molecular flexibility index (Phi) is 5.61. The van der Waals surface area contributed by atoms with Gasteiger partial charge in [-0.25, -0.2) is 5.43 Å². The van der Waals surface area contributed by atoms with Crippen LogP contribution in [0.2, 0.25) is 0 Å². The van der Waals surface area contributed by atoms with Gasteiger partial charge < -0.3 is 14.5 Å². The molecule has 0 atom stereocenters. The molecule has 4 rings (SSSR count). The maximum absolute atomic E-state index is 12.5. The number of hydrogen-bond donors (Lipinski definition) is 2. The zero-order chi connectivity index (χ0) is 21.8. The second-order valence-electron chi connectivity index (χ2n) is 6.90. The topological polar surface area (TPSA) is 106 Å². The predicted octanol–water partition coefficient (Wildman–Crippen LogP) is 4.12. The first-order valence-electron chi connectivity index (χ1n) is 9.58. The number of carbonyl (C=O) groups excluding carboxylic acids is 2. The zero-order valence-corrected chi connectivity index (χ0v) is 17.0. The number of para-hydroxylation sites is 1. The van der Waals surface area contributed by atoms with E-state index in [-0.39, 0.29) is 18.2 Å². The molecular formula is C23H20N4O4. The van der Waals surface area contributed by atoms with Gasteiger partial charge in [-0.15, -0.1) is 0 Å². The van der Waals surface area contributed by atoms with Crippen LogP contribution in [-0.2, 0) is 4.79 Å². The van der Waals surface area contributed by atoms with Crippen LogP contribution in [-0.4, -0.2) is 29.6 Å². The number of aromatic nitrogens is 1. The van der Waals surface area contributed by atoms with Crippen molar-refractivity contribution in [1.29, 1.82) is 0 Å². The van der Waals surface area contributed by atoms with Crippen molar-refractivity contribution in [2.75, 3.05) is 12.4 Å². The lowest BCUT2D eigenvalue weighted by molar-refractivity contribution is -0.115. The van der Waals surface area contributed by atoms with Crippen molar-refractivity contribution >= 4 is 45.2 Å². The van der Waals surface area contributed by atoms with Gasteiger partial charge in [0.25, 0.3) is 5.91 Å². The Morgan fingerprint density at radius 2 is 1.84 bits per heavy atom. The van der Waals surface area contributed by atoms with Crippen molar-refractivity contribution in [3.8, 4) is 5.75 Å². The number of ether oxygens (including phenoxy) is 1. The third-order valence-corrected chi connectivity index (χ3v) is 4.68. The van der Waals surface area contributed by atoms with Gasteiger partial charge >= 0.3 is 0 Å². The zero-order valence-electron chi connectivity index (χ0n) is 17.0. The van der Waals surface area contributed by atoms with E-state index in [0.717, 1.165) is 16.4 Å². The molecule has 0 saturated heterocycles. The number of pyridine rings is 1. The summed E-state index contributed by atoms with van der Waals surface area (Å²) in [6, 6.07) is 14.4. The number of hydrazone groups is 1. The van der Waals surface area contributed by atoms with E-state index in [2.05, 4.69) is 20.8 Å². The van der Waals surface area contributed by atoms with Crippen LogP contribution < -0.4 is 15.5 Å². The number of furan rings is 1. The molecule has 0 saturated carbocycles. The smallest absolute Gasteiger partial charge is 0.271 e. The minimum absolute atomic E-state index is 0.00204. The van der Waals surface area contributed by atoms with Crippen LogP contribution in [0.3, 0.4) is 0 Å². The molecule has 2 aromatic carbocycles. The molecule has 4 aromatic rings. The summed E-state index contributed by atoms with van der Waals surface area (Å²) in [5, 5.41) is 8.69. The van der Waals surface area contributed by atoms with Gasteiger partial charge in [0.1, 0.15) is 16.9 Å². The first-order chi connectivity index (χ1) is 15.0. The molecule has 0 aliphatic carbocycles. The third kappa shape index (κ3) is 4.37. The van der Waals surface area contributed by atoms with E-state index in [9.17, 15) is 9.59 Å². The van der Waals surface area contributed by atoms with Gasteiger partial charge in [0.05, 0.1) is 19.2 Å². The average Bonchev–Trinajstić information content (AvgIpc) is 3.14. The van der Waals surface area contributed by atoms with Gasteiger partial charge in [-0.05, 0) is 31.2 Å². The van der Waals surface area contributed by atoms with Gasteiger partial charge in [0.2, 0.25) is 5.91 Å². The second kappa shape index (κ2) is 8.66. The molecule has 2 heterocycles. The fourth-order valence-corrected chi connectivity index (χ4v) is 3.20. The van der Waals surface area contributed by atoms with E-state index < -0.39 is 0 Å². The Morgan fingerprint density at radius 3 is 2.61 bits per heavy atom. The maximum Gasteiger partial charge on any atom is 0.271 e. The van der Waals surface area contributed by atoms with Crippen LogP contribution in [0.5, 0.6) is 5.75 Å². The molecule has 8 heteroatoms. The van der Waals surface area contributed by atoms with Crippen LogP contribution in [0.4, 0.5) is 5.69 Å². The van der Waals surface area contributed by atoms with E-state index in [0.29, 0.717) is 28.3 Å². The number of amides is 2. The van der Waals surface area contributed by atoms with Crippen molar-refractivity contribution in [1.82, 2.24) is 10.4 Å². The van der Waals surface area contributed by atoms with Crippen molar-refractivity contribution in [2.45, 2.75) is 13.3 Å². The molecule has 0 spiro atoms. The van der Waals surface area contributed by atoms with E-state index in [4.69, 9.17) is 9.15 Å². The minimum atomic E-state index is -0.376. The Balaban J connectivity index is 1.47. The lowest BCUT2D eigenvalue weighted by Gasteiger charge is -2.10. The molecule has 0 bridgehead atoms. The molecule has 8 nitrogen and oxygen atoms in total. The summed E-state index contributed by atoms with van der Waals surface area (Å²) < 4.78 is 11.3. The van der Waals surface area contributed by atoms with Crippen molar-refractivity contribution in [3.63, 3.8) is 0 Å². The Bertz CT molecular complexity index is 1300. The Morgan fingerprint density at radius 1 is 1.06 bits per heavy atom. The van der Waals surface area contributed by atoms with Crippen LogP contribution >= 0.6 is 0 Å². The Labute approximate surface area is 177 Å². The summed E-state index contributed by atoms with van der Waals surface area (Å²) in [6.45, 7) is 1.66. The number of anilines is 1. The Hall–Kier alpha value is -4.20. The van der Waals surface area contributed by atoms with E-state index in [1.165, 1.54) is 12.4 Å². The fraction of sp³-hybridized carbons (Fsp3) is 0.130. The van der Waals surface area contributed by atoms with E-state index in [1.54, 1.807) is 32.2 Å². The van der Waals surface area contributed by atoms with Crippen LogP contribution in [0.1, 0.15) is 23.7 Å². The number of benzene rings is 2. The number of rotatable bonds is 6. The highest BCUT2D eigenvalue weighted by Gasteiger charge is 2.14. The number of methoxy groups -OCH3 is 1. The number of nitrogens with zero attached hydrogens (tertiary/aromatic N) is 2. The van der Waals surface area contributed by atoms with Gasteiger partial charge in [0, 0.05) is 40.5 Å². The van der Waals surface area contributed by atoms with Crippen molar-refractivity contribution < 1.29 is 18.7 Å². The summed E-state index contributed by atoms with van der Waals surface area (Å²) >= 11 is 0. The van der Waals surface area contributed by atoms with Gasteiger partial charge in [-0.3, -0.25) is 14.6 Å². The predicted molar refractivity (Wildman–Crippen MR) is 118 cm³/mol. The molecule has 0 aliphatic rings. The quantitative estimate of drug-likeness (QED) is 0.363. The molecule has 31 heavy (non-hydrogen) atoms. The fourth-order valence-electron chi connectivity index (χ4n) is 3.20. The molecular weight excluding hydrogens is 396 g/mol. The summed E-state index contributed by atoms with van der Waals surface area (Å²) in [4.78, 5) is 28.4. The highest BCUT2D eigenvalue weighted by Crippen LogP contribution is 2.36. The average molecular weight is 416 g/mol. The van der Waals surface area contributed by atoms with Gasteiger partial charge in [0.15, 0.2) is 0 Å². The van der Waals surface area contributed by atoms with Crippen molar-refractivity contribution in [3.05, 3.63) is 66.5 Å². The highest BCUT2D eigenvalue weighted by atomic mass is 16.5. The maximum atomic E-state index is 12.5. The molecule has 2 aromatic heterocycles.